The maximum absolute atomic E-state index is 13.3. The summed E-state index contributed by atoms with van der Waals surface area (Å²) in [6, 6.07) is 16.9. The minimum Gasteiger partial charge on any atom is -0.380 e. The highest BCUT2D eigenvalue weighted by Gasteiger charge is 2.38. The molecule has 0 aliphatic carbocycles. The van der Waals surface area contributed by atoms with Gasteiger partial charge in [-0.1, -0.05) is 24.3 Å². The first-order valence-corrected chi connectivity index (χ1v) is 12.5. The number of hydrogen-bond acceptors (Lipinski definition) is 6. The van der Waals surface area contributed by atoms with Gasteiger partial charge in [-0.15, -0.1) is 11.3 Å². The SMILES string of the molecule is N#Cc1cccc(Cc2csc(CNC(=O)[C@H](O)[C@@H](O)C(=O)N3CCCC3c3ccc(F)cc3)c2)c1. The van der Waals surface area contributed by atoms with Gasteiger partial charge >= 0.3 is 0 Å². The van der Waals surface area contributed by atoms with Crippen molar-refractivity contribution >= 4 is 23.2 Å². The van der Waals surface area contributed by atoms with Gasteiger partial charge in [0.1, 0.15) is 5.82 Å². The van der Waals surface area contributed by atoms with Crippen molar-refractivity contribution in [3.8, 4) is 6.07 Å². The average molecular weight is 508 g/mol. The van der Waals surface area contributed by atoms with E-state index in [0.29, 0.717) is 31.4 Å². The number of aliphatic hydroxyl groups is 2. The molecule has 3 N–H and O–H groups in total. The van der Waals surface area contributed by atoms with Crippen molar-refractivity contribution in [1.29, 1.82) is 5.26 Å². The third-order valence-corrected chi connectivity index (χ3v) is 7.21. The molecule has 36 heavy (non-hydrogen) atoms. The van der Waals surface area contributed by atoms with Gasteiger partial charge in [0, 0.05) is 11.4 Å². The van der Waals surface area contributed by atoms with Crippen molar-refractivity contribution < 1.29 is 24.2 Å². The molecule has 186 valence electrons. The third kappa shape index (κ3) is 5.97. The quantitative estimate of drug-likeness (QED) is 0.434. The number of carbonyl (C=O) groups excluding carboxylic acids is 2. The Morgan fingerprint density at radius 3 is 2.67 bits per heavy atom. The fraction of sp³-hybridized carbons (Fsp3) is 0.296. The first-order chi connectivity index (χ1) is 17.4. The van der Waals surface area contributed by atoms with Crippen molar-refractivity contribution in [2.45, 2.75) is 44.1 Å². The molecule has 7 nitrogen and oxygen atoms in total. The molecule has 1 aliphatic heterocycles. The van der Waals surface area contributed by atoms with Crippen LogP contribution in [0.5, 0.6) is 0 Å². The van der Waals surface area contributed by atoms with Crippen LogP contribution in [0.2, 0.25) is 0 Å². The highest BCUT2D eigenvalue weighted by molar-refractivity contribution is 7.10. The maximum atomic E-state index is 13.3. The molecule has 0 radical (unpaired) electrons. The molecule has 2 heterocycles. The summed E-state index contributed by atoms with van der Waals surface area (Å²) in [6.45, 7) is 0.517. The third-order valence-electron chi connectivity index (χ3n) is 6.22. The smallest absolute Gasteiger partial charge is 0.255 e. The summed E-state index contributed by atoms with van der Waals surface area (Å²) >= 11 is 1.44. The standard InChI is InChI=1S/C27H26FN3O4S/c28-21-8-6-20(7-9-21)23-5-2-10-31(23)27(35)25(33)24(32)26(34)30-15-22-13-19(16-36-22)12-17-3-1-4-18(11-17)14-29/h1,3-4,6-9,11,13,16,23-25,32-33H,2,5,10,12,15H2,(H,30,34)/t23?,24-,25-/m1/s1. The lowest BCUT2D eigenvalue weighted by Crippen LogP contribution is -2.50. The van der Waals surface area contributed by atoms with Crippen LogP contribution in [0.25, 0.3) is 0 Å². The Morgan fingerprint density at radius 1 is 1.14 bits per heavy atom. The zero-order valence-electron chi connectivity index (χ0n) is 19.4. The van der Waals surface area contributed by atoms with Crippen LogP contribution in [0.4, 0.5) is 4.39 Å². The van der Waals surface area contributed by atoms with Gasteiger partial charge in [0.25, 0.3) is 11.8 Å². The fourth-order valence-corrected chi connectivity index (χ4v) is 5.22. The molecule has 1 saturated heterocycles. The number of halogens is 1. The van der Waals surface area contributed by atoms with Crippen LogP contribution in [-0.4, -0.2) is 45.7 Å². The lowest BCUT2D eigenvalue weighted by Gasteiger charge is -2.28. The molecule has 0 bridgehead atoms. The van der Waals surface area contributed by atoms with Crippen LogP contribution in [0.3, 0.4) is 0 Å². The van der Waals surface area contributed by atoms with E-state index >= 15 is 0 Å². The van der Waals surface area contributed by atoms with Gasteiger partial charge in [-0.2, -0.15) is 5.26 Å². The molecule has 9 heteroatoms. The summed E-state index contributed by atoms with van der Waals surface area (Å²) in [4.78, 5) is 27.6. The molecule has 2 aromatic carbocycles. The van der Waals surface area contributed by atoms with Gasteiger partial charge in [0.15, 0.2) is 12.2 Å². The molecular weight excluding hydrogens is 481 g/mol. The minimum absolute atomic E-state index is 0.141. The summed E-state index contributed by atoms with van der Waals surface area (Å²) in [7, 11) is 0. The van der Waals surface area contributed by atoms with Crippen LogP contribution in [0.15, 0.2) is 60.0 Å². The number of aliphatic hydroxyl groups excluding tert-OH is 2. The van der Waals surface area contributed by atoms with Crippen molar-refractivity contribution in [3.05, 3.63) is 92.9 Å². The second-order valence-electron chi connectivity index (χ2n) is 8.76. The summed E-state index contributed by atoms with van der Waals surface area (Å²) < 4.78 is 13.3. The van der Waals surface area contributed by atoms with Crippen LogP contribution in [0, 0.1) is 17.1 Å². The first kappa shape index (κ1) is 25.5. The van der Waals surface area contributed by atoms with Gasteiger partial charge in [-0.25, -0.2) is 4.39 Å². The lowest BCUT2D eigenvalue weighted by molar-refractivity contribution is -0.153. The monoisotopic (exact) mass is 507 g/mol. The van der Waals surface area contributed by atoms with E-state index in [-0.39, 0.29) is 18.4 Å². The van der Waals surface area contributed by atoms with Crippen molar-refractivity contribution in [3.63, 3.8) is 0 Å². The summed E-state index contributed by atoms with van der Waals surface area (Å²) in [5.41, 5.74) is 3.35. The number of carbonyl (C=O) groups is 2. The largest absolute Gasteiger partial charge is 0.380 e. The molecule has 0 spiro atoms. The van der Waals surface area contributed by atoms with E-state index in [9.17, 15) is 24.2 Å². The van der Waals surface area contributed by atoms with Crippen molar-refractivity contribution in [2.24, 2.45) is 0 Å². The Balaban J connectivity index is 1.31. The van der Waals surface area contributed by atoms with E-state index in [0.717, 1.165) is 21.6 Å². The molecule has 1 fully saturated rings. The van der Waals surface area contributed by atoms with Crippen LogP contribution >= 0.6 is 11.3 Å². The molecule has 1 unspecified atom stereocenters. The zero-order chi connectivity index (χ0) is 25.7. The Morgan fingerprint density at radius 2 is 1.92 bits per heavy atom. The average Bonchev–Trinajstić information content (AvgIpc) is 3.56. The predicted octanol–water partition coefficient (Wildman–Crippen LogP) is 3.05. The van der Waals surface area contributed by atoms with E-state index in [4.69, 9.17) is 5.26 Å². The molecule has 3 atom stereocenters. The molecule has 4 rings (SSSR count). The van der Waals surface area contributed by atoms with Crippen LogP contribution in [0.1, 0.15) is 46.0 Å². The molecule has 3 aromatic rings. The predicted molar refractivity (Wildman–Crippen MR) is 132 cm³/mol. The molecule has 1 aromatic heterocycles. The molecule has 2 amide bonds. The fourth-order valence-electron chi connectivity index (χ4n) is 4.39. The van der Waals surface area contributed by atoms with Crippen LogP contribution < -0.4 is 5.32 Å². The first-order valence-electron chi connectivity index (χ1n) is 11.6. The van der Waals surface area contributed by atoms with E-state index in [1.54, 1.807) is 18.2 Å². The van der Waals surface area contributed by atoms with E-state index in [1.807, 2.05) is 29.6 Å². The van der Waals surface area contributed by atoms with Crippen molar-refractivity contribution in [1.82, 2.24) is 10.2 Å². The second kappa shape index (κ2) is 11.4. The Labute approximate surface area is 212 Å². The Bertz CT molecular complexity index is 1270. The summed E-state index contributed by atoms with van der Waals surface area (Å²) in [5, 5.41) is 34.4. The second-order valence-corrected chi connectivity index (χ2v) is 9.75. The van der Waals surface area contributed by atoms with Gasteiger partial charge in [-0.3, -0.25) is 9.59 Å². The summed E-state index contributed by atoms with van der Waals surface area (Å²) in [6.07, 6.45) is -1.84. The Hall–Kier alpha value is -3.58. The van der Waals surface area contributed by atoms with Crippen molar-refractivity contribution in [2.75, 3.05) is 6.54 Å². The number of nitrogens with zero attached hydrogens (tertiary/aromatic N) is 2. The highest BCUT2D eigenvalue weighted by Crippen LogP contribution is 2.32. The molecule has 0 saturated carbocycles. The highest BCUT2D eigenvalue weighted by atomic mass is 32.1. The number of rotatable bonds is 8. The zero-order valence-corrected chi connectivity index (χ0v) is 20.2. The number of hydrogen-bond donors (Lipinski definition) is 3. The summed E-state index contributed by atoms with van der Waals surface area (Å²) in [5.74, 6) is -1.96. The van der Waals surface area contributed by atoms with E-state index in [2.05, 4.69) is 11.4 Å². The van der Waals surface area contributed by atoms with Gasteiger partial charge in [0.2, 0.25) is 0 Å². The lowest BCUT2D eigenvalue weighted by atomic mass is 10.0. The normalized spacial score (nSPS) is 16.8. The van der Waals surface area contributed by atoms with Gasteiger partial charge in [0.05, 0.1) is 24.2 Å². The number of amides is 2. The number of benzene rings is 2. The van der Waals surface area contributed by atoms with Gasteiger partial charge < -0.3 is 20.4 Å². The van der Waals surface area contributed by atoms with Crippen LogP contribution in [-0.2, 0) is 22.6 Å². The topological polar surface area (TPSA) is 114 Å². The molecular formula is C27H26FN3O4S. The number of likely N-dealkylation sites (tertiary alicyclic amines) is 1. The van der Waals surface area contributed by atoms with E-state index < -0.39 is 24.0 Å². The van der Waals surface area contributed by atoms with Gasteiger partial charge in [-0.05, 0) is 71.7 Å². The number of nitrogens with one attached hydrogen (secondary N) is 1. The minimum atomic E-state index is -1.92. The van der Waals surface area contributed by atoms with E-state index in [1.165, 1.54) is 28.4 Å². The number of thiophene rings is 1. The number of nitriles is 1. The Kier molecular flexibility index (Phi) is 8.10. The molecule has 1 aliphatic rings. The maximum Gasteiger partial charge on any atom is 0.255 e.